The Labute approximate surface area is 135 Å². The first-order valence-corrected chi connectivity index (χ1v) is 7.90. The molecular weight excluding hydrogens is 296 g/mol. The third-order valence-electron chi connectivity index (χ3n) is 3.83. The molecule has 2 atom stereocenters. The molecule has 0 radical (unpaired) electrons. The van der Waals surface area contributed by atoms with Crippen LogP contribution in [0.5, 0.6) is 0 Å². The lowest BCUT2D eigenvalue weighted by Crippen LogP contribution is -2.40. The second-order valence-corrected chi connectivity index (χ2v) is 5.60. The number of carbonyl (C=O) groups is 3. The van der Waals surface area contributed by atoms with E-state index in [4.69, 9.17) is 4.74 Å². The van der Waals surface area contributed by atoms with Crippen LogP contribution in [0.15, 0.2) is 30.3 Å². The van der Waals surface area contributed by atoms with Crippen LogP contribution in [0.1, 0.15) is 36.5 Å². The van der Waals surface area contributed by atoms with Crippen molar-refractivity contribution < 1.29 is 19.1 Å². The number of amides is 2. The molecule has 1 aliphatic rings. The van der Waals surface area contributed by atoms with E-state index >= 15 is 0 Å². The Balaban J connectivity index is 1.91. The van der Waals surface area contributed by atoms with Crippen molar-refractivity contribution in [3.8, 4) is 0 Å². The van der Waals surface area contributed by atoms with E-state index in [1.165, 1.54) is 4.90 Å². The van der Waals surface area contributed by atoms with Crippen LogP contribution in [-0.4, -0.2) is 48.4 Å². The van der Waals surface area contributed by atoms with Crippen LogP contribution in [0.3, 0.4) is 0 Å². The summed E-state index contributed by atoms with van der Waals surface area (Å²) in [5, 5.41) is 2.86. The summed E-state index contributed by atoms with van der Waals surface area (Å²) in [5.41, 5.74) is 0.555. The van der Waals surface area contributed by atoms with Crippen molar-refractivity contribution in [1.82, 2.24) is 10.2 Å². The number of nitrogens with zero attached hydrogens (tertiary/aromatic N) is 1. The number of nitrogens with one attached hydrogen (secondary N) is 1. The summed E-state index contributed by atoms with van der Waals surface area (Å²) in [6, 6.07) is 8.05. The topological polar surface area (TPSA) is 75.7 Å². The molecule has 0 aliphatic carbocycles. The van der Waals surface area contributed by atoms with Gasteiger partial charge >= 0.3 is 6.09 Å². The van der Waals surface area contributed by atoms with Crippen LogP contribution in [0, 0.1) is 0 Å². The van der Waals surface area contributed by atoms with Gasteiger partial charge in [0.25, 0.3) is 5.91 Å². The Hall–Kier alpha value is -2.37. The molecule has 0 bridgehead atoms. The highest BCUT2D eigenvalue weighted by Crippen LogP contribution is 2.18. The second kappa shape index (κ2) is 8.31. The maximum Gasteiger partial charge on any atom is 0.410 e. The zero-order valence-electron chi connectivity index (χ0n) is 13.2. The molecule has 1 aliphatic heterocycles. The molecule has 124 valence electrons. The maximum atomic E-state index is 12.1. The molecule has 2 amide bonds. The minimum Gasteiger partial charge on any atom is -0.449 e. The average molecular weight is 318 g/mol. The monoisotopic (exact) mass is 318 g/mol. The molecule has 1 fully saturated rings. The standard InChI is InChI=1S/C17H22N2O4/c1-2-3-9-23-17(22)19-11-14(10-15(19)12-20)18-16(21)13-7-5-4-6-8-13/h4-8,12,14-15H,2-3,9-11H2,1H3,(H,18,21)/t14-,15-/m0/s1. The molecule has 1 heterocycles. The average Bonchev–Trinajstić information content (AvgIpc) is 2.98. The van der Waals surface area contributed by atoms with Crippen molar-refractivity contribution >= 4 is 18.3 Å². The number of aldehydes is 1. The van der Waals surface area contributed by atoms with E-state index in [2.05, 4.69) is 5.32 Å². The van der Waals surface area contributed by atoms with Crippen molar-refractivity contribution in [3.05, 3.63) is 35.9 Å². The van der Waals surface area contributed by atoms with Gasteiger partial charge in [-0.25, -0.2) is 4.79 Å². The van der Waals surface area contributed by atoms with E-state index < -0.39 is 12.1 Å². The van der Waals surface area contributed by atoms with Crippen LogP contribution >= 0.6 is 0 Å². The quantitative estimate of drug-likeness (QED) is 0.643. The maximum absolute atomic E-state index is 12.1. The van der Waals surface area contributed by atoms with Crippen LogP contribution < -0.4 is 5.32 Å². The van der Waals surface area contributed by atoms with Gasteiger partial charge in [0.15, 0.2) is 0 Å². The summed E-state index contributed by atoms with van der Waals surface area (Å²) < 4.78 is 5.15. The molecule has 2 rings (SSSR count). The number of hydrogen-bond acceptors (Lipinski definition) is 4. The van der Waals surface area contributed by atoms with Gasteiger partial charge in [-0.15, -0.1) is 0 Å². The number of likely N-dealkylation sites (tertiary alicyclic amines) is 1. The van der Waals surface area contributed by atoms with Gasteiger partial charge in [-0.1, -0.05) is 31.5 Å². The highest BCUT2D eigenvalue weighted by atomic mass is 16.6. The summed E-state index contributed by atoms with van der Waals surface area (Å²) in [6.45, 7) is 2.64. The van der Waals surface area contributed by atoms with Crippen molar-refractivity contribution in [2.45, 2.75) is 38.3 Å². The number of unbranched alkanes of at least 4 members (excludes halogenated alkanes) is 1. The zero-order valence-corrected chi connectivity index (χ0v) is 13.2. The molecule has 0 spiro atoms. The molecule has 0 unspecified atom stereocenters. The van der Waals surface area contributed by atoms with E-state index in [1.807, 2.05) is 13.0 Å². The lowest BCUT2D eigenvalue weighted by atomic mass is 10.1. The number of carbonyl (C=O) groups excluding carboxylic acids is 3. The molecule has 6 nitrogen and oxygen atoms in total. The number of benzene rings is 1. The van der Waals surface area contributed by atoms with Crippen LogP contribution in [0.4, 0.5) is 4.79 Å². The highest BCUT2D eigenvalue weighted by molar-refractivity contribution is 5.94. The third-order valence-corrected chi connectivity index (χ3v) is 3.83. The van der Waals surface area contributed by atoms with Gasteiger partial charge in [-0.2, -0.15) is 0 Å². The van der Waals surface area contributed by atoms with Gasteiger partial charge in [0, 0.05) is 18.2 Å². The van der Waals surface area contributed by atoms with Crippen LogP contribution in [-0.2, 0) is 9.53 Å². The first-order chi connectivity index (χ1) is 11.2. The second-order valence-electron chi connectivity index (χ2n) is 5.60. The van der Waals surface area contributed by atoms with Crippen molar-refractivity contribution in [2.75, 3.05) is 13.2 Å². The van der Waals surface area contributed by atoms with E-state index in [0.29, 0.717) is 18.6 Å². The number of ether oxygens (including phenoxy) is 1. The number of hydrogen-bond donors (Lipinski definition) is 1. The normalized spacial score (nSPS) is 20.1. The first kappa shape index (κ1) is 17.0. The lowest BCUT2D eigenvalue weighted by Gasteiger charge is -2.19. The predicted molar refractivity (Wildman–Crippen MR) is 85.1 cm³/mol. The highest BCUT2D eigenvalue weighted by Gasteiger charge is 2.36. The molecule has 1 N–H and O–H groups in total. The largest absolute Gasteiger partial charge is 0.449 e. The zero-order chi connectivity index (χ0) is 16.7. The van der Waals surface area contributed by atoms with E-state index in [1.54, 1.807) is 24.3 Å². The van der Waals surface area contributed by atoms with Crippen molar-refractivity contribution in [2.24, 2.45) is 0 Å². The van der Waals surface area contributed by atoms with Gasteiger partial charge in [0.1, 0.15) is 6.29 Å². The van der Waals surface area contributed by atoms with Gasteiger partial charge in [0.05, 0.1) is 12.6 Å². The van der Waals surface area contributed by atoms with E-state index in [-0.39, 0.29) is 18.5 Å². The fraction of sp³-hybridized carbons (Fsp3) is 0.471. The Morgan fingerprint density at radius 1 is 1.35 bits per heavy atom. The molecule has 0 aromatic heterocycles. The number of rotatable bonds is 6. The minimum absolute atomic E-state index is 0.207. The van der Waals surface area contributed by atoms with Crippen molar-refractivity contribution in [1.29, 1.82) is 0 Å². The van der Waals surface area contributed by atoms with E-state index in [9.17, 15) is 14.4 Å². The molecule has 23 heavy (non-hydrogen) atoms. The summed E-state index contributed by atoms with van der Waals surface area (Å²) >= 11 is 0. The van der Waals surface area contributed by atoms with Gasteiger partial charge < -0.3 is 14.8 Å². The smallest absolute Gasteiger partial charge is 0.410 e. The minimum atomic E-state index is -0.551. The van der Waals surface area contributed by atoms with Crippen molar-refractivity contribution in [3.63, 3.8) is 0 Å². The first-order valence-electron chi connectivity index (χ1n) is 7.90. The Bertz CT molecular complexity index is 547. The third kappa shape index (κ3) is 4.55. The molecular formula is C17H22N2O4. The Kier molecular flexibility index (Phi) is 6.14. The molecule has 1 aromatic rings. The van der Waals surface area contributed by atoms with Crippen LogP contribution in [0.2, 0.25) is 0 Å². The Morgan fingerprint density at radius 3 is 2.74 bits per heavy atom. The fourth-order valence-electron chi connectivity index (χ4n) is 2.55. The lowest BCUT2D eigenvalue weighted by molar-refractivity contribution is -0.111. The van der Waals surface area contributed by atoms with Gasteiger partial charge in [0.2, 0.25) is 0 Å². The van der Waals surface area contributed by atoms with Gasteiger partial charge in [-0.05, 0) is 25.0 Å². The van der Waals surface area contributed by atoms with Crippen LogP contribution in [0.25, 0.3) is 0 Å². The molecule has 6 heteroatoms. The summed E-state index contributed by atoms with van der Waals surface area (Å²) in [4.78, 5) is 36.8. The van der Waals surface area contributed by atoms with Gasteiger partial charge in [-0.3, -0.25) is 9.69 Å². The summed E-state index contributed by atoms with van der Waals surface area (Å²) in [5.74, 6) is -0.207. The van der Waals surface area contributed by atoms with E-state index in [0.717, 1.165) is 19.1 Å². The summed E-state index contributed by atoms with van der Waals surface area (Å²) in [7, 11) is 0. The SMILES string of the molecule is CCCCOC(=O)N1C[C@@H](NC(=O)c2ccccc2)C[C@H]1C=O. The molecule has 1 saturated heterocycles. The Morgan fingerprint density at radius 2 is 2.09 bits per heavy atom. The molecule has 1 aromatic carbocycles. The summed E-state index contributed by atoms with van der Waals surface area (Å²) in [6.07, 6.45) is 2.37. The fourth-order valence-corrected chi connectivity index (χ4v) is 2.55. The molecule has 0 saturated carbocycles. The predicted octanol–water partition coefficient (Wildman–Crippen LogP) is 1.99.